The summed E-state index contributed by atoms with van der Waals surface area (Å²) in [5, 5.41) is 9.77. The van der Waals surface area contributed by atoms with E-state index < -0.39 is 72.7 Å². The molecule has 1 saturated heterocycles. The molecule has 0 amide bonds. The molecule has 13 nitrogen and oxygen atoms in total. The van der Waals surface area contributed by atoms with Crippen molar-refractivity contribution in [1.29, 1.82) is 0 Å². The second kappa shape index (κ2) is 13.6. The third-order valence-corrected chi connectivity index (χ3v) is 8.80. The minimum atomic E-state index is -4.36. The van der Waals surface area contributed by atoms with Gasteiger partial charge in [-0.3, -0.25) is 33.0 Å². The molecule has 6 atom stereocenters. The van der Waals surface area contributed by atoms with Gasteiger partial charge in [0.15, 0.2) is 11.3 Å². The molecule has 0 saturated carbocycles. The van der Waals surface area contributed by atoms with Crippen molar-refractivity contribution in [2.45, 2.75) is 84.2 Å². The number of H-pyrrole nitrogens is 1. The fourth-order valence-electron chi connectivity index (χ4n) is 3.28. The van der Waals surface area contributed by atoms with Crippen LogP contribution >= 0.6 is 31.1 Å². The highest BCUT2D eigenvalue weighted by molar-refractivity contribution is 8.13. The summed E-state index contributed by atoms with van der Waals surface area (Å²) in [7, 11) is -4.36. The normalized spacial score (nSPS) is 25.5. The van der Waals surface area contributed by atoms with Crippen molar-refractivity contribution >= 4 is 42.2 Å². The SMILES string of the molecule is Cc1cn([C@@H]2O[C@H](COP(=O)(NC(C)C(=O)OC(C)C)OCCSC(=O)C(C)(C)C)[C@@H](O)[C@@]2(F)Cl)c(=O)[nH]c1=O. The maximum atomic E-state index is 15.4. The van der Waals surface area contributed by atoms with E-state index in [0.29, 0.717) is 4.57 Å². The van der Waals surface area contributed by atoms with Crippen LogP contribution in [-0.2, 0) is 32.7 Å². The number of nitrogens with zero attached hydrogens (tertiary/aromatic N) is 1. The molecule has 1 aromatic rings. The summed E-state index contributed by atoms with van der Waals surface area (Å²) in [4.78, 5) is 50.4. The number of alkyl halides is 2. The van der Waals surface area contributed by atoms with Crippen LogP contribution in [0.15, 0.2) is 15.8 Å². The van der Waals surface area contributed by atoms with Crippen LogP contribution in [0.4, 0.5) is 4.39 Å². The number of thioether (sulfide) groups is 1. The van der Waals surface area contributed by atoms with Gasteiger partial charge in [-0.15, -0.1) is 0 Å². The van der Waals surface area contributed by atoms with Crippen molar-refractivity contribution in [3.8, 4) is 0 Å². The van der Waals surface area contributed by atoms with Gasteiger partial charge in [-0.2, -0.15) is 0 Å². The smallest absolute Gasteiger partial charge is 0.406 e. The number of aromatic nitrogens is 2. The summed E-state index contributed by atoms with van der Waals surface area (Å²) < 4.78 is 51.0. The third-order valence-electron chi connectivity index (χ3n) is 5.43. The molecule has 0 aromatic carbocycles. The van der Waals surface area contributed by atoms with Crippen molar-refractivity contribution < 1.29 is 42.2 Å². The summed E-state index contributed by atoms with van der Waals surface area (Å²) in [6, 6.07) is -1.17. The Balaban J connectivity index is 2.19. The molecule has 1 aliphatic rings. The maximum absolute atomic E-state index is 15.4. The highest BCUT2D eigenvalue weighted by Crippen LogP contribution is 2.48. The molecule has 0 radical (unpaired) electrons. The highest BCUT2D eigenvalue weighted by Gasteiger charge is 2.58. The Morgan fingerprint density at radius 1 is 1.32 bits per heavy atom. The van der Waals surface area contributed by atoms with Gasteiger partial charge in [-0.05, 0) is 27.7 Å². The predicted octanol–water partition coefficient (Wildman–Crippen LogP) is 2.38. The lowest BCUT2D eigenvalue weighted by molar-refractivity contribution is -0.149. The van der Waals surface area contributed by atoms with Gasteiger partial charge in [0.05, 0.1) is 19.3 Å². The highest BCUT2D eigenvalue weighted by atomic mass is 35.5. The first-order chi connectivity index (χ1) is 18.3. The van der Waals surface area contributed by atoms with Gasteiger partial charge >= 0.3 is 19.4 Å². The second-order valence-corrected chi connectivity index (χ2v) is 13.9. The van der Waals surface area contributed by atoms with E-state index in [0.717, 1.165) is 18.0 Å². The molecule has 0 spiro atoms. The largest absolute Gasteiger partial charge is 0.462 e. The lowest BCUT2D eigenvalue weighted by Gasteiger charge is -2.25. The standard InChI is InChI=1S/C23H36ClFN3O10PS/c1-12(2)37-18(31)14(4)27-39(34,35-8-9-40-20(32)22(5,6)7)36-11-15-16(29)23(24,25)19(38-15)28-10-13(3)17(30)26-21(28)33/h10,12,14-16,19,29H,8-9,11H2,1-7H3,(H,27,34)(H,26,30,33)/t14?,15-,16-,19-,23+,39?/m1/s1. The van der Waals surface area contributed by atoms with E-state index in [1.54, 1.807) is 34.6 Å². The molecule has 1 fully saturated rings. The van der Waals surface area contributed by atoms with Gasteiger partial charge in [-0.25, -0.2) is 18.8 Å². The van der Waals surface area contributed by atoms with Gasteiger partial charge in [0, 0.05) is 22.9 Å². The Morgan fingerprint density at radius 2 is 1.95 bits per heavy atom. The molecule has 0 aliphatic carbocycles. The fraction of sp³-hybridized carbons (Fsp3) is 0.739. The number of halogens is 2. The second-order valence-electron chi connectivity index (χ2n) is 10.5. The fourth-order valence-corrected chi connectivity index (χ4v) is 5.97. The van der Waals surface area contributed by atoms with Gasteiger partial charge in [0.2, 0.25) is 0 Å². The van der Waals surface area contributed by atoms with Crippen molar-refractivity contribution in [2.75, 3.05) is 19.0 Å². The number of rotatable bonds is 12. The number of aromatic amines is 1. The molecule has 2 heterocycles. The number of esters is 1. The molecule has 17 heteroatoms. The molecule has 0 bridgehead atoms. The molecule has 1 aliphatic heterocycles. The minimum absolute atomic E-state index is 0.0528. The number of carbonyl (C=O) groups excluding carboxylic acids is 2. The number of ether oxygens (including phenoxy) is 2. The molecule has 2 unspecified atom stereocenters. The average Bonchev–Trinajstić information content (AvgIpc) is 3.05. The van der Waals surface area contributed by atoms with Crippen molar-refractivity contribution in [3.05, 3.63) is 32.6 Å². The Hall–Kier alpha value is -1.58. The zero-order chi connectivity index (χ0) is 30.6. The van der Waals surface area contributed by atoms with E-state index in [1.165, 1.54) is 13.8 Å². The van der Waals surface area contributed by atoms with Gasteiger partial charge in [0.25, 0.3) is 10.7 Å². The summed E-state index contributed by atoms with van der Waals surface area (Å²) in [6.45, 7) is 10.2. The Kier molecular flexibility index (Phi) is 11.8. The monoisotopic (exact) mass is 631 g/mol. The number of hydrogen-bond donors (Lipinski definition) is 3. The van der Waals surface area contributed by atoms with Crippen molar-refractivity contribution in [2.24, 2.45) is 5.41 Å². The predicted molar refractivity (Wildman–Crippen MR) is 146 cm³/mol. The molecule has 3 N–H and O–H groups in total. The molecule has 40 heavy (non-hydrogen) atoms. The zero-order valence-electron chi connectivity index (χ0n) is 23.3. The number of aryl methyl sites for hydroxylation is 1. The van der Waals surface area contributed by atoms with Gasteiger partial charge < -0.3 is 14.6 Å². The van der Waals surface area contributed by atoms with Crippen molar-refractivity contribution in [3.63, 3.8) is 0 Å². The van der Waals surface area contributed by atoms with E-state index in [4.69, 9.17) is 30.1 Å². The molecule has 1 aromatic heterocycles. The maximum Gasteiger partial charge on any atom is 0.406 e. The van der Waals surface area contributed by atoms with E-state index >= 15 is 4.39 Å². The zero-order valence-corrected chi connectivity index (χ0v) is 25.7. The van der Waals surface area contributed by atoms with Crippen LogP contribution < -0.4 is 16.3 Å². The Morgan fingerprint density at radius 3 is 2.52 bits per heavy atom. The molecule has 228 valence electrons. The number of carbonyl (C=O) groups is 2. The van der Waals surface area contributed by atoms with Gasteiger partial charge in [0.1, 0.15) is 18.2 Å². The van der Waals surface area contributed by atoms with Crippen LogP contribution in [0.25, 0.3) is 0 Å². The first kappa shape index (κ1) is 34.6. The molecular weight excluding hydrogens is 596 g/mol. The van der Waals surface area contributed by atoms with Crippen LogP contribution in [0.1, 0.15) is 53.3 Å². The van der Waals surface area contributed by atoms with Crippen LogP contribution in [-0.4, -0.2) is 74.2 Å². The number of aliphatic hydroxyl groups excluding tert-OH is 1. The third kappa shape index (κ3) is 8.96. The van der Waals surface area contributed by atoms with Crippen LogP contribution in [0, 0.1) is 12.3 Å². The van der Waals surface area contributed by atoms with Crippen LogP contribution in [0.2, 0.25) is 0 Å². The van der Waals surface area contributed by atoms with Gasteiger partial charge in [-0.1, -0.05) is 44.1 Å². The molecule has 2 rings (SSSR count). The van der Waals surface area contributed by atoms with Crippen LogP contribution in [0.3, 0.4) is 0 Å². The number of nitrogens with one attached hydrogen (secondary N) is 2. The van der Waals surface area contributed by atoms with Crippen LogP contribution in [0.5, 0.6) is 0 Å². The first-order valence-electron chi connectivity index (χ1n) is 12.4. The van der Waals surface area contributed by atoms with E-state index in [9.17, 15) is 28.8 Å². The average molecular weight is 632 g/mol. The van der Waals surface area contributed by atoms with E-state index in [2.05, 4.69) is 5.09 Å². The minimum Gasteiger partial charge on any atom is -0.462 e. The Labute approximate surface area is 240 Å². The van der Waals surface area contributed by atoms with E-state index in [-0.39, 0.29) is 23.0 Å². The summed E-state index contributed by atoms with van der Waals surface area (Å²) in [5.41, 5.74) is -2.29. The van der Waals surface area contributed by atoms with Crippen molar-refractivity contribution in [1.82, 2.24) is 14.6 Å². The Bertz CT molecular complexity index is 1230. The summed E-state index contributed by atoms with van der Waals surface area (Å²) in [6.07, 6.45) is -4.95. The lowest BCUT2D eigenvalue weighted by Crippen LogP contribution is -2.42. The lowest BCUT2D eigenvalue weighted by atomic mass is 10.00. The quantitative estimate of drug-likeness (QED) is 0.133. The summed E-state index contributed by atoms with van der Waals surface area (Å²) in [5.74, 6) is -0.655. The topological polar surface area (TPSA) is 175 Å². The first-order valence-corrected chi connectivity index (χ1v) is 15.3. The van der Waals surface area contributed by atoms with E-state index in [1.807, 2.05) is 4.98 Å². The number of aliphatic hydroxyl groups is 1. The molecular formula is C23H36ClFN3O10PS. The number of hydrogen-bond acceptors (Lipinski definition) is 11. The summed E-state index contributed by atoms with van der Waals surface area (Å²) >= 11 is 6.86.